The molecule has 1 aromatic rings. The van der Waals surface area contributed by atoms with Gasteiger partial charge in [0.1, 0.15) is 0 Å². The number of unbranched alkanes of at least 4 members (excludes halogenated alkanes) is 2. The van der Waals surface area contributed by atoms with E-state index in [4.69, 9.17) is 5.26 Å². The lowest BCUT2D eigenvalue weighted by Crippen LogP contribution is -2.26. The summed E-state index contributed by atoms with van der Waals surface area (Å²) in [5.74, 6) is -0.235. The molecule has 0 saturated carbocycles. The fraction of sp³-hybridized carbons (Fsp3) is 0.429. The normalized spacial score (nSPS) is 10.9. The minimum absolute atomic E-state index is 0.0520. The molecular formula is C14H15F3N2O. The van der Waals surface area contributed by atoms with Crippen LogP contribution in [0.4, 0.5) is 13.2 Å². The summed E-state index contributed by atoms with van der Waals surface area (Å²) in [5.41, 5.74) is -0.189. The summed E-state index contributed by atoms with van der Waals surface area (Å²) in [5, 5.41) is 11.0. The predicted octanol–water partition coefficient (Wildman–Crippen LogP) is 3.06. The second-order valence-corrected chi connectivity index (χ2v) is 4.34. The molecule has 20 heavy (non-hydrogen) atoms. The van der Waals surface area contributed by atoms with Crippen LogP contribution < -0.4 is 5.32 Å². The van der Waals surface area contributed by atoms with Gasteiger partial charge in [0, 0.05) is 13.0 Å². The zero-order chi connectivity index (χ0) is 15.0. The SMILES string of the molecule is N#CCCCCNC(=O)Cc1ccc(C(F)(F)F)cc1. The van der Waals surface area contributed by atoms with Gasteiger partial charge < -0.3 is 5.32 Å². The first-order valence-corrected chi connectivity index (χ1v) is 6.23. The molecule has 1 rings (SSSR count). The molecule has 0 heterocycles. The maximum absolute atomic E-state index is 12.3. The minimum atomic E-state index is -4.36. The molecule has 0 aliphatic heterocycles. The molecule has 0 bridgehead atoms. The van der Waals surface area contributed by atoms with Crippen molar-refractivity contribution < 1.29 is 18.0 Å². The molecule has 0 saturated heterocycles. The Kier molecular flexibility index (Phi) is 6.04. The van der Waals surface area contributed by atoms with E-state index in [1.165, 1.54) is 12.1 Å². The Hall–Kier alpha value is -2.03. The van der Waals surface area contributed by atoms with Crippen molar-refractivity contribution in [3.63, 3.8) is 0 Å². The predicted molar refractivity (Wildman–Crippen MR) is 67.6 cm³/mol. The second kappa shape index (κ2) is 7.53. The van der Waals surface area contributed by atoms with Gasteiger partial charge in [0.25, 0.3) is 0 Å². The highest BCUT2D eigenvalue weighted by atomic mass is 19.4. The topological polar surface area (TPSA) is 52.9 Å². The van der Waals surface area contributed by atoms with E-state index < -0.39 is 11.7 Å². The Morgan fingerprint density at radius 1 is 1.20 bits per heavy atom. The Labute approximate surface area is 115 Å². The first-order valence-electron chi connectivity index (χ1n) is 6.23. The van der Waals surface area contributed by atoms with Crippen molar-refractivity contribution in [3.8, 4) is 6.07 Å². The zero-order valence-corrected chi connectivity index (χ0v) is 10.8. The number of halogens is 3. The molecule has 0 radical (unpaired) electrons. The largest absolute Gasteiger partial charge is 0.416 e. The highest BCUT2D eigenvalue weighted by molar-refractivity contribution is 5.78. The van der Waals surface area contributed by atoms with Crippen molar-refractivity contribution in [2.24, 2.45) is 0 Å². The summed E-state index contributed by atoms with van der Waals surface area (Å²) >= 11 is 0. The number of nitriles is 1. The Balaban J connectivity index is 2.37. The van der Waals surface area contributed by atoms with Gasteiger partial charge in [-0.3, -0.25) is 4.79 Å². The van der Waals surface area contributed by atoms with Crippen LogP contribution >= 0.6 is 0 Å². The smallest absolute Gasteiger partial charge is 0.356 e. The van der Waals surface area contributed by atoms with E-state index in [-0.39, 0.29) is 12.3 Å². The highest BCUT2D eigenvalue weighted by Crippen LogP contribution is 2.29. The van der Waals surface area contributed by atoms with Crippen molar-refractivity contribution >= 4 is 5.91 Å². The molecule has 0 aliphatic rings. The standard InChI is InChI=1S/C14H15F3N2O/c15-14(16,17)12-6-4-11(5-7-12)10-13(20)19-9-3-1-2-8-18/h4-7H,1-3,9-10H2,(H,19,20). The Bertz CT molecular complexity index is 475. The zero-order valence-electron chi connectivity index (χ0n) is 10.8. The van der Waals surface area contributed by atoms with E-state index in [2.05, 4.69) is 5.32 Å². The molecule has 0 atom stereocenters. The first-order chi connectivity index (χ1) is 9.43. The summed E-state index contributed by atoms with van der Waals surface area (Å²) in [4.78, 5) is 11.5. The monoisotopic (exact) mass is 284 g/mol. The molecular weight excluding hydrogens is 269 g/mol. The summed E-state index contributed by atoms with van der Waals surface area (Å²) in [6.45, 7) is 0.473. The van der Waals surface area contributed by atoms with Gasteiger partial charge in [0.2, 0.25) is 5.91 Å². The van der Waals surface area contributed by atoms with Crippen molar-refractivity contribution in [1.29, 1.82) is 5.26 Å². The lowest BCUT2D eigenvalue weighted by atomic mass is 10.1. The van der Waals surface area contributed by atoms with E-state index >= 15 is 0 Å². The Morgan fingerprint density at radius 3 is 2.40 bits per heavy atom. The van der Waals surface area contributed by atoms with Crippen LogP contribution in [-0.2, 0) is 17.4 Å². The number of rotatable bonds is 6. The molecule has 0 fully saturated rings. The van der Waals surface area contributed by atoms with Gasteiger partial charge in [-0.25, -0.2) is 0 Å². The van der Waals surface area contributed by atoms with Crippen molar-refractivity contribution in [2.45, 2.75) is 31.9 Å². The summed E-state index contributed by atoms with van der Waals surface area (Å²) < 4.78 is 37.0. The number of nitrogens with one attached hydrogen (secondary N) is 1. The van der Waals surface area contributed by atoms with Crippen molar-refractivity contribution in [2.75, 3.05) is 6.54 Å². The fourth-order valence-corrected chi connectivity index (χ4v) is 1.62. The van der Waals surface area contributed by atoms with Gasteiger partial charge >= 0.3 is 6.18 Å². The summed E-state index contributed by atoms with van der Waals surface area (Å²) in [7, 11) is 0. The van der Waals surface area contributed by atoms with Crippen LogP contribution in [-0.4, -0.2) is 12.5 Å². The number of carbonyl (C=O) groups is 1. The third kappa shape index (κ3) is 5.74. The molecule has 1 aromatic carbocycles. The third-order valence-corrected chi connectivity index (χ3v) is 2.68. The van der Waals surface area contributed by atoms with Gasteiger partial charge in [0.15, 0.2) is 0 Å². The first kappa shape index (κ1) is 16.0. The van der Waals surface area contributed by atoms with E-state index in [0.717, 1.165) is 18.6 Å². The number of carbonyl (C=O) groups excluding carboxylic acids is 1. The van der Waals surface area contributed by atoms with Crippen LogP contribution in [0.3, 0.4) is 0 Å². The minimum Gasteiger partial charge on any atom is -0.356 e. The molecule has 0 spiro atoms. The molecule has 3 nitrogen and oxygen atoms in total. The number of hydrogen-bond acceptors (Lipinski definition) is 2. The Morgan fingerprint density at radius 2 is 1.85 bits per heavy atom. The van der Waals surface area contributed by atoms with Gasteiger partial charge in [-0.05, 0) is 30.5 Å². The molecule has 0 unspecified atom stereocenters. The van der Waals surface area contributed by atoms with Gasteiger partial charge in [-0.1, -0.05) is 12.1 Å². The maximum Gasteiger partial charge on any atom is 0.416 e. The number of hydrogen-bond donors (Lipinski definition) is 1. The van der Waals surface area contributed by atoms with Crippen LogP contribution in [0.5, 0.6) is 0 Å². The van der Waals surface area contributed by atoms with Crippen LogP contribution in [0.2, 0.25) is 0 Å². The molecule has 1 N–H and O–H groups in total. The molecule has 6 heteroatoms. The fourth-order valence-electron chi connectivity index (χ4n) is 1.62. The van der Waals surface area contributed by atoms with E-state index in [9.17, 15) is 18.0 Å². The lowest BCUT2D eigenvalue weighted by molar-refractivity contribution is -0.137. The molecule has 108 valence electrons. The average Bonchev–Trinajstić information content (AvgIpc) is 2.38. The van der Waals surface area contributed by atoms with Crippen molar-refractivity contribution in [1.82, 2.24) is 5.32 Å². The van der Waals surface area contributed by atoms with Gasteiger partial charge in [-0.2, -0.15) is 18.4 Å². The van der Waals surface area contributed by atoms with Crippen LogP contribution in [0.1, 0.15) is 30.4 Å². The second-order valence-electron chi connectivity index (χ2n) is 4.34. The van der Waals surface area contributed by atoms with E-state index in [1.54, 1.807) is 0 Å². The molecule has 0 aliphatic carbocycles. The quantitative estimate of drug-likeness (QED) is 0.816. The summed E-state index contributed by atoms with van der Waals surface area (Å²) in [6.07, 6.45) is -2.42. The number of nitrogens with zero attached hydrogens (tertiary/aromatic N) is 1. The number of benzene rings is 1. The van der Waals surface area contributed by atoms with Gasteiger partial charge in [0.05, 0.1) is 18.1 Å². The number of amides is 1. The molecule has 0 aromatic heterocycles. The summed E-state index contributed by atoms with van der Waals surface area (Å²) in [6, 6.07) is 6.55. The number of alkyl halides is 3. The molecule has 1 amide bonds. The van der Waals surface area contributed by atoms with E-state index in [1.807, 2.05) is 6.07 Å². The third-order valence-electron chi connectivity index (χ3n) is 2.68. The van der Waals surface area contributed by atoms with Gasteiger partial charge in [-0.15, -0.1) is 0 Å². The van der Waals surface area contributed by atoms with Crippen LogP contribution in [0.25, 0.3) is 0 Å². The van der Waals surface area contributed by atoms with Crippen molar-refractivity contribution in [3.05, 3.63) is 35.4 Å². The van der Waals surface area contributed by atoms with E-state index in [0.29, 0.717) is 24.9 Å². The highest BCUT2D eigenvalue weighted by Gasteiger charge is 2.29. The lowest BCUT2D eigenvalue weighted by Gasteiger charge is -2.08. The van der Waals surface area contributed by atoms with Crippen LogP contribution in [0.15, 0.2) is 24.3 Å². The average molecular weight is 284 g/mol. The maximum atomic E-state index is 12.3. The van der Waals surface area contributed by atoms with Crippen LogP contribution in [0, 0.1) is 11.3 Å².